The summed E-state index contributed by atoms with van der Waals surface area (Å²) >= 11 is 0. The van der Waals surface area contributed by atoms with Gasteiger partial charge in [0.05, 0.1) is 6.26 Å². The second-order valence-corrected chi connectivity index (χ2v) is 5.62. The van der Waals surface area contributed by atoms with E-state index in [9.17, 15) is 9.59 Å². The maximum absolute atomic E-state index is 12.4. The van der Waals surface area contributed by atoms with Gasteiger partial charge < -0.3 is 14.2 Å². The summed E-state index contributed by atoms with van der Waals surface area (Å²) in [7, 11) is 0. The number of hydrogen-bond donors (Lipinski definition) is 0. The van der Waals surface area contributed by atoms with Gasteiger partial charge in [-0.25, -0.2) is 0 Å². The van der Waals surface area contributed by atoms with Crippen LogP contribution in [0.2, 0.25) is 0 Å². The Balaban J connectivity index is 1.48. The highest BCUT2D eigenvalue weighted by molar-refractivity contribution is 5.94. The number of aryl methyl sites for hydroxylation is 1. The first-order valence-corrected chi connectivity index (χ1v) is 7.88. The largest absolute Gasteiger partial charge is 0.469 e. The summed E-state index contributed by atoms with van der Waals surface area (Å²) in [5.41, 5.74) is 0.699. The van der Waals surface area contributed by atoms with Crippen molar-refractivity contribution in [1.29, 1.82) is 0 Å². The first-order valence-electron chi connectivity index (χ1n) is 7.88. The van der Waals surface area contributed by atoms with E-state index in [2.05, 4.69) is 0 Å². The summed E-state index contributed by atoms with van der Waals surface area (Å²) in [4.78, 5) is 28.2. The Morgan fingerprint density at radius 2 is 1.61 bits per heavy atom. The molecular formula is C18H20N2O3. The van der Waals surface area contributed by atoms with Gasteiger partial charge in [-0.1, -0.05) is 18.2 Å². The van der Waals surface area contributed by atoms with Gasteiger partial charge in [-0.05, 0) is 24.3 Å². The molecule has 1 aliphatic rings. The summed E-state index contributed by atoms with van der Waals surface area (Å²) in [5, 5.41) is 0. The third-order valence-electron chi connectivity index (χ3n) is 4.11. The zero-order chi connectivity index (χ0) is 16.1. The Labute approximate surface area is 135 Å². The maximum Gasteiger partial charge on any atom is 0.253 e. The van der Waals surface area contributed by atoms with Crippen molar-refractivity contribution >= 4 is 11.8 Å². The predicted molar refractivity (Wildman–Crippen MR) is 86.0 cm³/mol. The minimum Gasteiger partial charge on any atom is -0.469 e. The molecule has 5 heteroatoms. The molecule has 0 radical (unpaired) electrons. The molecule has 23 heavy (non-hydrogen) atoms. The highest BCUT2D eigenvalue weighted by atomic mass is 16.3. The SMILES string of the molecule is O=C(CCc1ccco1)N1CCN(C(=O)c2ccccc2)CC1. The van der Waals surface area contributed by atoms with Gasteiger partial charge in [0.2, 0.25) is 5.91 Å². The first kappa shape index (κ1) is 15.3. The quantitative estimate of drug-likeness (QED) is 0.869. The fraction of sp³-hybridized carbons (Fsp3) is 0.333. The molecule has 2 heterocycles. The Kier molecular flexibility index (Phi) is 4.76. The highest BCUT2D eigenvalue weighted by Crippen LogP contribution is 2.11. The maximum atomic E-state index is 12.4. The van der Waals surface area contributed by atoms with Crippen molar-refractivity contribution in [3.63, 3.8) is 0 Å². The van der Waals surface area contributed by atoms with E-state index in [1.807, 2.05) is 52.3 Å². The number of piperazine rings is 1. The highest BCUT2D eigenvalue weighted by Gasteiger charge is 2.24. The summed E-state index contributed by atoms with van der Waals surface area (Å²) in [5.74, 6) is 0.984. The smallest absolute Gasteiger partial charge is 0.253 e. The van der Waals surface area contributed by atoms with Crippen molar-refractivity contribution in [1.82, 2.24) is 9.80 Å². The van der Waals surface area contributed by atoms with Gasteiger partial charge in [-0.2, -0.15) is 0 Å². The fourth-order valence-corrected chi connectivity index (χ4v) is 2.77. The molecule has 1 saturated heterocycles. The zero-order valence-electron chi connectivity index (χ0n) is 13.0. The molecule has 1 fully saturated rings. The van der Waals surface area contributed by atoms with Crippen molar-refractivity contribution < 1.29 is 14.0 Å². The number of furan rings is 1. The summed E-state index contributed by atoms with van der Waals surface area (Å²) in [6.45, 7) is 2.35. The summed E-state index contributed by atoms with van der Waals surface area (Å²) < 4.78 is 5.25. The fourth-order valence-electron chi connectivity index (χ4n) is 2.77. The van der Waals surface area contributed by atoms with E-state index in [1.54, 1.807) is 6.26 Å². The summed E-state index contributed by atoms with van der Waals surface area (Å²) in [6, 6.07) is 13.0. The van der Waals surface area contributed by atoms with Crippen LogP contribution in [0.25, 0.3) is 0 Å². The second-order valence-electron chi connectivity index (χ2n) is 5.62. The first-order chi connectivity index (χ1) is 11.2. The van der Waals surface area contributed by atoms with Crippen LogP contribution in [0.1, 0.15) is 22.5 Å². The van der Waals surface area contributed by atoms with E-state index in [1.165, 1.54) is 0 Å². The van der Waals surface area contributed by atoms with Crippen molar-refractivity contribution in [3.8, 4) is 0 Å². The molecule has 1 aliphatic heterocycles. The lowest BCUT2D eigenvalue weighted by molar-refractivity contribution is -0.132. The van der Waals surface area contributed by atoms with E-state index in [4.69, 9.17) is 4.42 Å². The molecule has 1 aromatic heterocycles. The topological polar surface area (TPSA) is 53.8 Å². The normalized spacial score (nSPS) is 14.8. The average Bonchev–Trinajstić information content (AvgIpc) is 3.13. The van der Waals surface area contributed by atoms with Crippen molar-refractivity contribution in [2.24, 2.45) is 0 Å². The van der Waals surface area contributed by atoms with Gasteiger partial charge in [-0.15, -0.1) is 0 Å². The molecular weight excluding hydrogens is 292 g/mol. The number of carbonyl (C=O) groups is 2. The minimum atomic E-state index is 0.0354. The minimum absolute atomic E-state index is 0.0354. The van der Waals surface area contributed by atoms with Crippen molar-refractivity contribution in [3.05, 3.63) is 60.1 Å². The van der Waals surface area contributed by atoms with Crippen LogP contribution in [-0.2, 0) is 11.2 Å². The Morgan fingerprint density at radius 3 is 2.26 bits per heavy atom. The average molecular weight is 312 g/mol. The number of hydrogen-bond acceptors (Lipinski definition) is 3. The number of benzene rings is 1. The number of nitrogens with zero attached hydrogens (tertiary/aromatic N) is 2. The molecule has 0 spiro atoms. The lowest BCUT2D eigenvalue weighted by Gasteiger charge is -2.34. The number of carbonyl (C=O) groups excluding carboxylic acids is 2. The van der Waals surface area contributed by atoms with Crippen LogP contribution in [0.4, 0.5) is 0 Å². The zero-order valence-corrected chi connectivity index (χ0v) is 13.0. The van der Waals surface area contributed by atoms with Gasteiger partial charge in [0.25, 0.3) is 5.91 Å². The third kappa shape index (κ3) is 3.80. The van der Waals surface area contributed by atoms with Gasteiger partial charge in [0.15, 0.2) is 0 Å². The van der Waals surface area contributed by atoms with E-state index in [0.29, 0.717) is 44.6 Å². The molecule has 0 unspecified atom stereocenters. The number of amides is 2. The molecule has 2 amide bonds. The Morgan fingerprint density at radius 1 is 0.913 bits per heavy atom. The van der Waals surface area contributed by atoms with E-state index >= 15 is 0 Å². The van der Waals surface area contributed by atoms with Gasteiger partial charge in [0.1, 0.15) is 5.76 Å². The molecule has 0 N–H and O–H groups in total. The van der Waals surface area contributed by atoms with Crippen LogP contribution in [0.15, 0.2) is 53.1 Å². The van der Waals surface area contributed by atoms with E-state index in [0.717, 1.165) is 5.76 Å². The van der Waals surface area contributed by atoms with Crippen molar-refractivity contribution in [2.75, 3.05) is 26.2 Å². The molecule has 0 aliphatic carbocycles. The molecule has 120 valence electrons. The van der Waals surface area contributed by atoms with Crippen molar-refractivity contribution in [2.45, 2.75) is 12.8 Å². The van der Waals surface area contributed by atoms with Crippen LogP contribution in [0.5, 0.6) is 0 Å². The standard InChI is InChI=1S/C18H20N2O3/c21-17(9-8-16-7-4-14-23-16)19-10-12-20(13-11-19)18(22)15-5-2-1-3-6-15/h1-7,14H,8-13H2. The lowest BCUT2D eigenvalue weighted by Crippen LogP contribution is -2.50. The summed E-state index contributed by atoms with van der Waals surface area (Å²) in [6.07, 6.45) is 2.68. The van der Waals surface area contributed by atoms with Crippen LogP contribution in [-0.4, -0.2) is 47.8 Å². The predicted octanol–water partition coefficient (Wildman–Crippen LogP) is 2.20. The molecule has 1 aromatic carbocycles. The molecule has 0 bridgehead atoms. The van der Waals surface area contributed by atoms with E-state index in [-0.39, 0.29) is 11.8 Å². The van der Waals surface area contributed by atoms with Gasteiger partial charge in [0, 0.05) is 44.6 Å². The Hall–Kier alpha value is -2.56. The molecule has 5 nitrogen and oxygen atoms in total. The number of rotatable bonds is 4. The van der Waals surface area contributed by atoms with Crippen LogP contribution in [0.3, 0.4) is 0 Å². The second kappa shape index (κ2) is 7.13. The van der Waals surface area contributed by atoms with Crippen LogP contribution < -0.4 is 0 Å². The molecule has 0 atom stereocenters. The van der Waals surface area contributed by atoms with E-state index < -0.39 is 0 Å². The van der Waals surface area contributed by atoms with Gasteiger partial charge >= 0.3 is 0 Å². The molecule has 3 rings (SSSR count). The third-order valence-corrected chi connectivity index (χ3v) is 4.11. The lowest BCUT2D eigenvalue weighted by atomic mass is 10.1. The molecule has 2 aromatic rings. The monoisotopic (exact) mass is 312 g/mol. The van der Waals surface area contributed by atoms with Crippen LogP contribution in [0, 0.1) is 0 Å². The van der Waals surface area contributed by atoms with Gasteiger partial charge in [-0.3, -0.25) is 9.59 Å². The van der Waals surface area contributed by atoms with Crippen LogP contribution >= 0.6 is 0 Å². The Bertz CT molecular complexity index is 644. The molecule has 0 saturated carbocycles.